The minimum atomic E-state index is -0.360. The number of imidazole rings is 1. The first-order valence-electron chi connectivity index (χ1n) is 9.31. The summed E-state index contributed by atoms with van der Waals surface area (Å²) in [6.45, 7) is 4.50. The molecule has 0 aliphatic rings. The number of halogens is 2. The highest BCUT2D eigenvalue weighted by Crippen LogP contribution is 2.26. The molecule has 30 heavy (non-hydrogen) atoms. The first kappa shape index (κ1) is 20.2. The number of benzene rings is 2. The third kappa shape index (κ3) is 4.10. The second-order valence-electron chi connectivity index (χ2n) is 6.62. The van der Waals surface area contributed by atoms with E-state index in [2.05, 4.69) is 15.3 Å². The average molecular weight is 441 g/mol. The molecule has 0 fully saturated rings. The molecular formula is C22H18Cl2N4O2. The number of hydrogen-bond donors (Lipinski definition) is 1. The van der Waals surface area contributed by atoms with Crippen molar-refractivity contribution in [2.24, 2.45) is 0 Å². The van der Waals surface area contributed by atoms with E-state index in [1.54, 1.807) is 28.8 Å². The molecule has 4 aromatic rings. The molecule has 8 heteroatoms. The Morgan fingerprint density at radius 1 is 1.07 bits per heavy atom. The van der Waals surface area contributed by atoms with E-state index in [-0.39, 0.29) is 11.6 Å². The SMILES string of the molecule is CCOc1ccc(-c2cc(C)n3cc(C(=O)Nc4ccc(Cl)c(Cl)c4)nc3n2)cc1. The Balaban J connectivity index is 1.62. The van der Waals surface area contributed by atoms with Gasteiger partial charge in [0.1, 0.15) is 11.4 Å². The lowest BCUT2D eigenvalue weighted by molar-refractivity contribution is 0.102. The van der Waals surface area contributed by atoms with Crippen LogP contribution in [0.5, 0.6) is 5.75 Å². The molecule has 0 aliphatic carbocycles. The Hall–Kier alpha value is -3.09. The zero-order chi connectivity index (χ0) is 21.3. The molecule has 0 aliphatic heterocycles. The molecule has 0 atom stereocenters. The highest BCUT2D eigenvalue weighted by Gasteiger charge is 2.15. The van der Waals surface area contributed by atoms with Crippen LogP contribution in [0.25, 0.3) is 17.0 Å². The number of aryl methyl sites for hydroxylation is 1. The van der Waals surface area contributed by atoms with Crippen LogP contribution in [0.2, 0.25) is 10.0 Å². The Morgan fingerprint density at radius 2 is 1.83 bits per heavy atom. The van der Waals surface area contributed by atoms with Gasteiger partial charge in [-0.15, -0.1) is 0 Å². The topological polar surface area (TPSA) is 68.5 Å². The van der Waals surface area contributed by atoms with Crippen molar-refractivity contribution in [2.45, 2.75) is 13.8 Å². The smallest absolute Gasteiger partial charge is 0.275 e. The molecule has 4 rings (SSSR count). The summed E-state index contributed by atoms with van der Waals surface area (Å²) in [6, 6.07) is 14.5. The molecule has 2 aromatic carbocycles. The quantitative estimate of drug-likeness (QED) is 0.434. The van der Waals surface area contributed by atoms with Crippen LogP contribution in [0.3, 0.4) is 0 Å². The first-order valence-corrected chi connectivity index (χ1v) is 10.1. The second kappa shape index (κ2) is 8.34. The molecule has 152 valence electrons. The number of ether oxygens (including phenoxy) is 1. The third-order valence-corrected chi connectivity index (χ3v) is 5.24. The van der Waals surface area contributed by atoms with Gasteiger partial charge < -0.3 is 10.1 Å². The number of hydrogen-bond acceptors (Lipinski definition) is 4. The second-order valence-corrected chi connectivity index (χ2v) is 7.43. The normalized spacial score (nSPS) is 10.9. The number of anilines is 1. The number of carbonyl (C=O) groups is 1. The summed E-state index contributed by atoms with van der Waals surface area (Å²) in [5, 5.41) is 3.55. The predicted molar refractivity (Wildman–Crippen MR) is 119 cm³/mol. The predicted octanol–water partition coefficient (Wildman–Crippen LogP) is 5.66. The number of nitrogens with zero attached hydrogens (tertiary/aromatic N) is 3. The van der Waals surface area contributed by atoms with Crippen molar-refractivity contribution in [1.29, 1.82) is 0 Å². The van der Waals surface area contributed by atoms with E-state index >= 15 is 0 Å². The summed E-state index contributed by atoms with van der Waals surface area (Å²) in [6.07, 6.45) is 1.66. The zero-order valence-corrected chi connectivity index (χ0v) is 17.8. The van der Waals surface area contributed by atoms with E-state index in [9.17, 15) is 4.79 Å². The lowest BCUT2D eigenvalue weighted by atomic mass is 10.1. The van der Waals surface area contributed by atoms with Crippen LogP contribution in [-0.2, 0) is 0 Å². The van der Waals surface area contributed by atoms with Crippen molar-refractivity contribution < 1.29 is 9.53 Å². The van der Waals surface area contributed by atoms with E-state index in [4.69, 9.17) is 27.9 Å². The first-order chi connectivity index (χ1) is 14.4. The van der Waals surface area contributed by atoms with Gasteiger partial charge in [0.2, 0.25) is 5.78 Å². The maximum Gasteiger partial charge on any atom is 0.275 e. The summed E-state index contributed by atoms with van der Waals surface area (Å²) in [5.41, 5.74) is 3.40. The van der Waals surface area contributed by atoms with Crippen molar-refractivity contribution in [3.8, 4) is 17.0 Å². The Labute approximate surface area is 183 Å². The Bertz CT molecular complexity index is 1240. The van der Waals surface area contributed by atoms with Gasteiger partial charge in [-0.3, -0.25) is 9.20 Å². The fourth-order valence-electron chi connectivity index (χ4n) is 3.03. The summed E-state index contributed by atoms with van der Waals surface area (Å²) < 4.78 is 7.27. The largest absolute Gasteiger partial charge is 0.494 e. The molecule has 0 radical (unpaired) electrons. The standard InChI is InChI=1S/C22H18Cl2N4O2/c1-3-30-16-7-4-14(5-8-16)19-10-13(2)28-12-20(27-22(28)26-19)21(29)25-15-6-9-17(23)18(24)11-15/h4-12H,3H2,1-2H3,(H,25,29). The fraction of sp³-hybridized carbons (Fsp3) is 0.136. The molecule has 1 amide bonds. The van der Waals surface area contributed by atoms with Crippen LogP contribution < -0.4 is 10.1 Å². The Kier molecular flexibility index (Phi) is 5.61. The van der Waals surface area contributed by atoms with Gasteiger partial charge in [0.15, 0.2) is 0 Å². The van der Waals surface area contributed by atoms with Gasteiger partial charge in [0.05, 0.1) is 22.3 Å². The molecule has 0 saturated heterocycles. The molecule has 0 spiro atoms. The van der Waals surface area contributed by atoms with Gasteiger partial charge in [0.25, 0.3) is 5.91 Å². The number of amides is 1. The summed E-state index contributed by atoms with van der Waals surface area (Å²) >= 11 is 11.9. The van der Waals surface area contributed by atoms with E-state index in [0.29, 0.717) is 28.1 Å². The van der Waals surface area contributed by atoms with E-state index in [0.717, 1.165) is 22.7 Å². The molecule has 1 N–H and O–H groups in total. The molecule has 0 bridgehead atoms. The van der Waals surface area contributed by atoms with E-state index in [1.165, 1.54) is 0 Å². The van der Waals surface area contributed by atoms with E-state index in [1.807, 2.05) is 44.2 Å². The molecule has 6 nitrogen and oxygen atoms in total. The van der Waals surface area contributed by atoms with E-state index < -0.39 is 0 Å². The van der Waals surface area contributed by atoms with Crippen molar-refractivity contribution in [1.82, 2.24) is 14.4 Å². The van der Waals surface area contributed by atoms with Crippen molar-refractivity contribution in [2.75, 3.05) is 11.9 Å². The number of nitrogens with one attached hydrogen (secondary N) is 1. The average Bonchev–Trinajstić information content (AvgIpc) is 3.17. The maximum atomic E-state index is 12.6. The third-order valence-electron chi connectivity index (χ3n) is 4.50. The number of fused-ring (bicyclic) bond motifs is 1. The van der Waals surface area contributed by atoms with Crippen LogP contribution in [-0.4, -0.2) is 26.9 Å². The fourth-order valence-corrected chi connectivity index (χ4v) is 3.33. The van der Waals surface area contributed by atoms with Crippen LogP contribution in [0.4, 0.5) is 5.69 Å². The van der Waals surface area contributed by atoms with Gasteiger partial charge in [-0.1, -0.05) is 23.2 Å². The van der Waals surface area contributed by atoms with Crippen molar-refractivity contribution >= 4 is 40.6 Å². The molecule has 0 saturated carbocycles. The van der Waals surface area contributed by atoms with Crippen molar-refractivity contribution in [3.63, 3.8) is 0 Å². The number of carbonyl (C=O) groups excluding carboxylic acids is 1. The highest BCUT2D eigenvalue weighted by molar-refractivity contribution is 6.42. The van der Waals surface area contributed by atoms with Crippen molar-refractivity contribution in [3.05, 3.63) is 76.2 Å². The van der Waals surface area contributed by atoms with Crippen LogP contribution >= 0.6 is 23.2 Å². The zero-order valence-electron chi connectivity index (χ0n) is 16.3. The molecular weight excluding hydrogens is 423 g/mol. The molecule has 2 heterocycles. The number of aromatic nitrogens is 3. The van der Waals surface area contributed by atoms with Gasteiger partial charge in [-0.05, 0) is 62.4 Å². The summed E-state index contributed by atoms with van der Waals surface area (Å²) in [4.78, 5) is 21.6. The molecule has 0 unspecified atom stereocenters. The minimum absolute atomic E-state index is 0.250. The van der Waals surface area contributed by atoms with Gasteiger partial charge >= 0.3 is 0 Å². The molecule has 2 aromatic heterocycles. The highest BCUT2D eigenvalue weighted by atomic mass is 35.5. The lowest BCUT2D eigenvalue weighted by Gasteiger charge is -2.06. The van der Waals surface area contributed by atoms with Crippen LogP contribution in [0.15, 0.2) is 54.7 Å². The Morgan fingerprint density at radius 3 is 2.53 bits per heavy atom. The summed E-state index contributed by atoms with van der Waals surface area (Å²) in [5.74, 6) is 0.889. The monoisotopic (exact) mass is 440 g/mol. The minimum Gasteiger partial charge on any atom is -0.494 e. The lowest BCUT2D eigenvalue weighted by Crippen LogP contribution is -2.12. The van der Waals surface area contributed by atoms with Gasteiger partial charge in [-0.2, -0.15) is 0 Å². The van der Waals surface area contributed by atoms with Gasteiger partial charge in [0, 0.05) is 23.1 Å². The van der Waals surface area contributed by atoms with Crippen LogP contribution in [0.1, 0.15) is 23.1 Å². The van der Waals surface area contributed by atoms with Gasteiger partial charge in [-0.25, -0.2) is 9.97 Å². The van der Waals surface area contributed by atoms with Crippen LogP contribution in [0, 0.1) is 6.92 Å². The maximum absolute atomic E-state index is 12.6. The summed E-state index contributed by atoms with van der Waals surface area (Å²) in [7, 11) is 0. The number of rotatable bonds is 5.